The normalized spacial score (nSPS) is 27.1. The van der Waals surface area contributed by atoms with Crippen LogP contribution in [0.4, 0.5) is 5.69 Å². The van der Waals surface area contributed by atoms with Crippen LogP contribution >= 0.6 is 0 Å². The Hall–Kier alpha value is -4.52. The van der Waals surface area contributed by atoms with Crippen LogP contribution in [0.3, 0.4) is 0 Å². The lowest BCUT2D eigenvalue weighted by Gasteiger charge is -2.56. The Morgan fingerprint density at radius 2 is 1.50 bits per heavy atom. The second-order valence-corrected chi connectivity index (χ2v) is 13.2. The summed E-state index contributed by atoms with van der Waals surface area (Å²) < 4.78 is 10.8. The molecule has 2 heterocycles. The molecule has 0 amide bonds. The van der Waals surface area contributed by atoms with Crippen LogP contribution in [0.2, 0.25) is 0 Å². The fraction of sp³-hybridized carbons (Fsp3) is 0.444. The number of nitrogens with zero attached hydrogens (tertiary/aromatic N) is 2. The first-order chi connectivity index (χ1) is 22.8. The molecule has 5 unspecified atom stereocenters. The van der Waals surface area contributed by atoms with Gasteiger partial charge in [0.25, 0.3) is 5.69 Å². The molecule has 5 N–H and O–H groups in total. The quantitative estimate of drug-likeness (QED) is 0.167. The first kappa shape index (κ1) is 34.8. The molecule has 256 valence electrons. The first-order valence-corrected chi connectivity index (χ1v) is 16.1. The number of nitrogens with two attached hydrogens (primary N) is 1. The minimum absolute atomic E-state index is 0.0948. The highest BCUT2D eigenvalue weighted by Gasteiger charge is 2.65. The van der Waals surface area contributed by atoms with Gasteiger partial charge in [-0.15, -0.1) is 0 Å². The van der Waals surface area contributed by atoms with Crippen LogP contribution in [-0.2, 0) is 15.0 Å². The van der Waals surface area contributed by atoms with Crippen LogP contribution in [0.15, 0.2) is 72.8 Å². The summed E-state index contributed by atoms with van der Waals surface area (Å²) in [5, 5.41) is 36.4. The van der Waals surface area contributed by atoms with Crippen LogP contribution < -0.4 is 20.5 Å². The van der Waals surface area contributed by atoms with Gasteiger partial charge in [0, 0.05) is 29.5 Å². The van der Waals surface area contributed by atoms with Gasteiger partial charge in [-0.2, -0.15) is 0 Å². The summed E-state index contributed by atoms with van der Waals surface area (Å²) in [6, 6.07) is 21.1. The highest BCUT2D eigenvalue weighted by molar-refractivity contribution is 5.84. The van der Waals surface area contributed by atoms with E-state index in [1.54, 1.807) is 27.2 Å². The number of carboxylic acids is 2. The van der Waals surface area contributed by atoms with E-state index >= 15 is 0 Å². The van der Waals surface area contributed by atoms with E-state index in [4.69, 9.17) is 15.2 Å². The Kier molecular flexibility index (Phi) is 9.82. The molecule has 12 heteroatoms. The predicted molar refractivity (Wildman–Crippen MR) is 179 cm³/mol. The lowest BCUT2D eigenvalue weighted by atomic mass is 9.52. The Morgan fingerprint density at radius 1 is 0.958 bits per heavy atom. The number of hydrogen-bond acceptors (Lipinski definition) is 9. The van der Waals surface area contributed by atoms with Crippen molar-refractivity contribution >= 4 is 17.6 Å². The largest absolute Gasteiger partial charge is 0.497 e. The summed E-state index contributed by atoms with van der Waals surface area (Å²) in [7, 11) is 3.27. The number of aliphatic carboxylic acids is 2. The molecule has 0 aromatic heterocycles. The molecule has 3 aromatic rings. The summed E-state index contributed by atoms with van der Waals surface area (Å²) in [6.45, 7) is 4.82. The molecule has 0 aliphatic carbocycles. The minimum atomic E-state index is -1.79. The van der Waals surface area contributed by atoms with Crippen molar-refractivity contribution in [3.8, 4) is 11.5 Å². The van der Waals surface area contributed by atoms with Gasteiger partial charge in [0.15, 0.2) is 0 Å². The summed E-state index contributed by atoms with van der Waals surface area (Å²) >= 11 is 0. The van der Waals surface area contributed by atoms with E-state index in [2.05, 4.69) is 34.5 Å². The Balaban J connectivity index is 1.48. The van der Waals surface area contributed by atoms with E-state index in [9.17, 15) is 29.9 Å². The van der Waals surface area contributed by atoms with E-state index in [-0.39, 0.29) is 23.1 Å². The monoisotopic (exact) mass is 660 g/mol. The SMILES string of the molecule is COc1ccc(C2(c3ccc(OC)cc3)CCN(CCC3(C(=O)O)C(C)NC(N)C(C)(C(=O)O)C3c3cccc([N+](=O)[O-])c3)CC2)cc1. The van der Waals surface area contributed by atoms with Crippen molar-refractivity contribution in [2.24, 2.45) is 16.6 Å². The van der Waals surface area contributed by atoms with Crippen molar-refractivity contribution < 1.29 is 34.2 Å². The number of rotatable bonds is 11. The number of nitro benzene ring substituents is 1. The maximum absolute atomic E-state index is 13.5. The number of benzene rings is 3. The van der Waals surface area contributed by atoms with Crippen molar-refractivity contribution in [3.05, 3.63) is 99.6 Å². The zero-order chi connectivity index (χ0) is 34.9. The Labute approximate surface area is 280 Å². The van der Waals surface area contributed by atoms with Crippen molar-refractivity contribution in [2.45, 2.75) is 56.7 Å². The maximum Gasteiger partial charge on any atom is 0.312 e. The molecule has 2 saturated heterocycles. The third kappa shape index (κ3) is 5.88. The van der Waals surface area contributed by atoms with Crippen LogP contribution in [0.25, 0.3) is 0 Å². The molecule has 48 heavy (non-hydrogen) atoms. The van der Waals surface area contributed by atoms with Gasteiger partial charge in [-0.3, -0.25) is 25.0 Å². The molecule has 12 nitrogen and oxygen atoms in total. The third-order valence-corrected chi connectivity index (χ3v) is 11.1. The molecule has 2 aliphatic heterocycles. The average Bonchev–Trinajstić information content (AvgIpc) is 3.09. The highest BCUT2D eigenvalue weighted by atomic mass is 16.6. The minimum Gasteiger partial charge on any atom is -0.497 e. The summed E-state index contributed by atoms with van der Waals surface area (Å²) in [5.74, 6) is -2.10. The van der Waals surface area contributed by atoms with Gasteiger partial charge in [-0.05, 0) is 93.7 Å². The first-order valence-electron chi connectivity index (χ1n) is 16.1. The topological polar surface area (TPSA) is 177 Å². The molecule has 5 rings (SSSR count). The second kappa shape index (κ2) is 13.5. The van der Waals surface area contributed by atoms with Gasteiger partial charge in [-0.25, -0.2) is 0 Å². The standard InChI is InChI=1S/C36H44N4O8/c1-23-36(33(43)44,30(34(2,32(41)42)31(37)38-23)24-6-5-7-27(22-24)40(45)46)18-21-39-19-16-35(17-20-39,25-8-12-28(47-3)13-9-25)26-10-14-29(48-4)15-11-26/h5-15,22-23,30-31,38H,16-21,37H2,1-4H3,(H,41,42)(H,43,44). The molecule has 5 atom stereocenters. The average molecular weight is 661 g/mol. The van der Waals surface area contributed by atoms with Gasteiger partial charge in [0.05, 0.1) is 30.7 Å². The van der Waals surface area contributed by atoms with Gasteiger partial charge in [-0.1, -0.05) is 36.4 Å². The van der Waals surface area contributed by atoms with Crippen LogP contribution in [0, 0.1) is 20.9 Å². The molecule has 2 aliphatic rings. The van der Waals surface area contributed by atoms with Crippen molar-refractivity contribution in [2.75, 3.05) is 33.9 Å². The summed E-state index contributed by atoms with van der Waals surface area (Å²) in [6.07, 6.45) is 0.501. The van der Waals surface area contributed by atoms with Crippen molar-refractivity contribution in [1.29, 1.82) is 0 Å². The van der Waals surface area contributed by atoms with Crippen LogP contribution in [0.5, 0.6) is 11.5 Å². The van der Waals surface area contributed by atoms with Crippen molar-refractivity contribution in [1.82, 2.24) is 10.2 Å². The molecule has 3 aromatic carbocycles. The lowest BCUT2D eigenvalue weighted by Crippen LogP contribution is -2.72. The number of carboxylic acid groups (broad SMARTS) is 2. The van der Waals surface area contributed by atoms with E-state index in [1.807, 2.05) is 24.3 Å². The number of piperidine rings is 2. The third-order valence-electron chi connectivity index (χ3n) is 11.1. The van der Waals surface area contributed by atoms with Crippen molar-refractivity contribution in [3.63, 3.8) is 0 Å². The molecule has 0 radical (unpaired) electrons. The number of nitrogens with one attached hydrogen (secondary N) is 1. The fourth-order valence-electron chi connectivity index (χ4n) is 8.12. The van der Waals surface area contributed by atoms with Gasteiger partial charge in [0.2, 0.25) is 0 Å². The fourth-order valence-corrected chi connectivity index (χ4v) is 8.12. The van der Waals surface area contributed by atoms with Crippen LogP contribution in [-0.4, -0.2) is 78.0 Å². The Bertz CT molecular complexity index is 1590. The number of likely N-dealkylation sites (tertiary alicyclic amines) is 1. The number of carbonyl (C=O) groups is 2. The summed E-state index contributed by atoms with van der Waals surface area (Å²) in [4.78, 5) is 39.8. The lowest BCUT2D eigenvalue weighted by molar-refractivity contribution is -0.385. The molecule has 2 fully saturated rings. The highest BCUT2D eigenvalue weighted by Crippen LogP contribution is 2.56. The number of ether oxygens (including phenoxy) is 2. The molecule has 0 saturated carbocycles. The van der Waals surface area contributed by atoms with Gasteiger partial charge >= 0.3 is 11.9 Å². The number of non-ortho nitro benzene ring substituents is 1. The molecule has 0 bridgehead atoms. The van der Waals surface area contributed by atoms with E-state index in [0.29, 0.717) is 19.6 Å². The summed E-state index contributed by atoms with van der Waals surface area (Å²) in [5.41, 5.74) is 4.99. The maximum atomic E-state index is 13.5. The number of methoxy groups -OCH3 is 2. The van der Waals surface area contributed by atoms with Gasteiger partial charge in [0.1, 0.15) is 16.9 Å². The van der Waals surface area contributed by atoms with E-state index in [0.717, 1.165) is 35.5 Å². The van der Waals surface area contributed by atoms with Crippen LogP contribution in [0.1, 0.15) is 55.7 Å². The smallest absolute Gasteiger partial charge is 0.312 e. The number of hydrogen-bond donors (Lipinski definition) is 4. The Morgan fingerprint density at radius 3 is 1.96 bits per heavy atom. The van der Waals surface area contributed by atoms with E-state index < -0.39 is 45.8 Å². The molecule has 0 spiro atoms. The second-order valence-electron chi connectivity index (χ2n) is 13.2. The number of nitro groups is 1. The zero-order valence-corrected chi connectivity index (χ0v) is 27.7. The zero-order valence-electron chi connectivity index (χ0n) is 27.7. The van der Waals surface area contributed by atoms with Gasteiger partial charge < -0.3 is 30.3 Å². The molecular formula is C36H44N4O8. The molecular weight excluding hydrogens is 616 g/mol. The predicted octanol–water partition coefficient (Wildman–Crippen LogP) is 4.61. The van der Waals surface area contributed by atoms with E-state index in [1.165, 1.54) is 25.1 Å².